The zero-order valence-electron chi connectivity index (χ0n) is 8.16. The van der Waals surface area contributed by atoms with Gasteiger partial charge in [-0.2, -0.15) is 0 Å². The molecule has 72 valence electrons. The normalized spacial score (nSPS) is 10.1. The Labute approximate surface area is 84.0 Å². The maximum absolute atomic E-state index is 10.3. The summed E-state index contributed by atoms with van der Waals surface area (Å²) in [6, 6.07) is 5.77. The van der Waals surface area contributed by atoms with Crippen molar-refractivity contribution in [1.82, 2.24) is 0 Å². The SMILES string of the molecule is C=C/C=C\c1cccc(NC=O)c1C. The second kappa shape index (κ2) is 5.02. The van der Waals surface area contributed by atoms with E-state index in [4.69, 9.17) is 0 Å². The molecule has 0 spiro atoms. The molecule has 0 aromatic heterocycles. The molecule has 0 unspecified atom stereocenters. The molecule has 0 saturated carbocycles. The molecule has 2 heteroatoms. The van der Waals surface area contributed by atoms with Crippen LogP contribution < -0.4 is 5.32 Å². The quantitative estimate of drug-likeness (QED) is 0.570. The number of rotatable bonds is 4. The van der Waals surface area contributed by atoms with Crippen LogP contribution in [0.1, 0.15) is 11.1 Å². The van der Waals surface area contributed by atoms with E-state index in [2.05, 4.69) is 11.9 Å². The smallest absolute Gasteiger partial charge is 0.211 e. The highest BCUT2D eigenvalue weighted by Crippen LogP contribution is 2.19. The van der Waals surface area contributed by atoms with Gasteiger partial charge in [0.25, 0.3) is 0 Å². The number of hydrogen-bond acceptors (Lipinski definition) is 1. The number of carbonyl (C=O) groups excluding carboxylic acids is 1. The number of nitrogens with one attached hydrogen (secondary N) is 1. The Morgan fingerprint density at radius 2 is 2.21 bits per heavy atom. The second-order valence-corrected chi connectivity index (χ2v) is 2.88. The van der Waals surface area contributed by atoms with Gasteiger partial charge in [0, 0.05) is 5.69 Å². The van der Waals surface area contributed by atoms with Crippen molar-refractivity contribution in [2.24, 2.45) is 0 Å². The van der Waals surface area contributed by atoms with Gasteiger partial charge in [0.1, 0.15) is 0 Å². The molecule has 1 aromatic rings. The largest absolute Gasteiger partial charge is 0.328 e. The summed E-state index contributed by atoms with van der Waals surface area (Å²) in [7, 11) is 0. The van der Waals surface area contributed by atoms with E-state index in [1.54, 1.807) is 6.08 Å². The highest BCUT2D eigenvalue weighted by Gasteiger charge is 1.99. The molecule has 0 atom stereocenters. The van der Waals surface area contributed by atoms with Gasteiger partial charge >= 0.3 is 0 Å². The number of allylic oxidation sites excluding steroid dienone is 2. The number of amides is 1. The zero-order valence-corrected chi connectivity index (χ0v) is 8.16. The molecule has 0 saturated heterocycles. The maximum Gasteiger partial charge on any atom is 0.211 e. The molecule has 1 amide bonds. The third-order valence-electron chi connectivity index (χ3n) is 2.00. The highest BCUT2D eigenvalue weighted by molar-refractivity contribution is 5.76. The van der Waals surface area contributed by atoms with Gasteiger partial charge in [-0.1, -0.05) is 36.9 Å². The van der Waals surface area contributed by atoms with Crippen LogP contribution in [0.15, 0.2) is 36.9 Å². The summed E-state index contributed by atoms with van der Waals surface area (Å²) in [5, 5.41) is 2.65. The molecule has 0 aliphatic rings. The fraction of sp³-hybridized carbons (Fsp3) is 0.0833. The number of anilines is 1. The third-order valence-corrected chi connectivity index (χ3v) is 2.00. The third kappa shape index (κ3) is 2.33. The average Bonchev–Trinajstić information content (AvgIpc) is 2.20. The summed E-state index contributed by atoms with van der Waals surface area (Å²) in [6.07, 6.45) is 6.23. The van der Waals surface area contributed by atoms with Crippen molar-refractivity contribution in [3.63, 3.8) is 0 Å². The summed E-state index contributed by atoms with van der Waals surface area (Å²) in [5.74, 6) is 0. The Hall–Kier alpha value is -1.83. The Morgan fingerprint density at radius 3 is 2.86 bits per heavy atom. The Morgan fingerprint density at radius 1 is 1.43 bits per heavy atom. The second-order valence-electron chi connectivity index (χ2n) is 2.88. The van der Waals surface area contributed by atoms with Gasteiger partial charge in [-0.25, -0.2) is 0 Å². The van der Waals surface area contributed by atoms with Crippen LogP contribution in [0.5, 0.6) is 0 Å². The van der Waals surface area contributed by atoms with Crippen molar-refractivity contribution in [3.05, 3.63) is 48.1 Å². The summed E-state index contributed by atoms with van der Waals surface area (Å²) >= 11 is 0. The first kappa shape index (κ1) is 10.3. The van der Waals surface area contributed by atoms with Crippen LogP contribution in [-0.2, 0) is 4.79 Å². The summed E-state index contributed by atoms with van der Waals surface area (Å²) in [6.45, 7) is 5.57. The minimum absolute atomic E-state index is 0.684. The number of carbonyl (C=O) groups is 1. The predicted octanol–water partition coefficient (Wildman–Crippen LogP) is 2.76. The minimum atomic E-state index is 0.684. The summed E-state index contributed by atoms with van der Waals surface area (Å²) in [5.41, 5.74) is 2.97. The highest BCUT2D eigenvalue weighted by atomic mass is 16.1. The Kier molecular flexibility index (Phi) is 3.68. The molecular formula is C12H13NO. The summed E-state index contributed by atoms with van der Waals surface area (Å²) in [4.78, 5) is 10.3. The number of benzene rings is 1. The molecule has 0 aliphatic heterocycles. The van der Waals surface area contributed by atoms with Crippen LogP contribution in [0.25, 0.3) is 6.08 Å². The molecule has 2 nitrogen and oxygen atoms in total. The molecule has 0 aliphatic carbocycles. The predicted molar refractivity (Wildman–Crippen MR) is 60.1 cm³/mol. The van der Waals surface area contributed by atoms with E-state index in [1.165, 1.54) is 0 Å². The first-order valence-corrected chi connectivity index (χ1v) is 4.38. The molecule has 1 N–H and O–H groups in total. The Balaban J connectivity index is 3.06. The van der Waals surface area contributed by atoms with Crippen LogP contribution in [0, 0.1) is 6.92 Å². The van der Waals surface area contributed by atoms with Crippen LogP contribution >= 0.6 is 0 Å². The fourth-order valence-electron chi connectivity index (χ4n) is 1.23. The lowest BCUT2D eigenvalue weighted by Crippen LogP contribution is -1.97. The summed E-state index contributed by atoms with van der Waals surface area (Å²) < 4.78 is 0. The van der Waals surface area contributed by atoms with Gasteiger partial charge in [0.05, 0.1) is 0 Å². The monoisotopic (exact) mass is 187 g/mol. The molecule has 0 radical (unpaired) electrons. The van der Waals surface area contributed by atoms with Crippen molar-refractivity contribution in [2.75, 3.05) is 5.32 Å². The number of hydrogen-bond donors (Lipinski definition) is 1. The van der Waals surface area contributed by atoms with Gasteiger partial charge in [-0.15, -0.1) is 0 Å². The van der Waals surface area contributed by atoms with Crippen molar-refractivity contribution < 1.29 is 4.79 Å². The molecule has 14 heavy (non-hydrogen) atoms. The van der Waals surface area contributed by atoms with Crippen molar-refractivity contribution >= 4 is 18.2 Å². The maximum atomic E-state index is 10.3. The average molecular weight is 187 g/mol. The lowest BCUT2D eigenvalue weighted by Gasteiger charge is -2.06. The van der Waals surface area contributed by atoms with E-state index in [9.17, 15) is 4.79 Å². The molecule has 1 aromatic carbocycles. The van der Waals surface area contributed by atoms with Gasteiger partial charge in [-0.05, 0) is 24.1 Å². The van der Waals surface area contributed by atoms with E-state index in [-0.39, 0.29) is 0 Å². The Bertz CT molecular complexity index is 367. The van der Waals surface area contributed by atoms with E-state index in [0.717, 1.165) is 16.8 Å². The molecule has 0 bridgehead atoms. The van der Waals surface area contributed by atoms with Gasteiger partial charge < -0.3 is 5.32 Å². The van der Waals surface area contributed by atoms with E-state index >= 15 is 0 Å². The lowest BCUT2D eigenvalue weighted by atomic mass is 10.1. The van der Waals surface area contributed by atoms with Gasteiger partial charge in [0.2, 0.25) is 6.41 Å². The van der Waals surface area contributed by atoms with Gasteiger partial charge in [-0.3, -0.25) is 4.79 Å². The minimum Gasteiger partial charge on any atom is -0.328 e. The van der Waals surface area contributed by atoms with Crippen molar-refractivity contribution in [3.8, 4) is 0 Å². The fourth-order valence-corrected chi connectivity index (χ4v) is 1.23. The van der Waals surface area contributed by atoms with Crippen LogP contribution in [0.3, 0.4) is 0 Å². The van der Waals surface area contributed by atoms with Crippen molar-refractivity contribution in [2.45, 2.75) is 6.92 Å². The topological polar surface area (TPSA) is 29.1 Å². The first-order valence-electron chi connectivity index (χ1n) is 4.38. The lowest BCUT2D eigenvalue weighted by molar-refractivity contribution is -0.105. The van der Waals surface area contributed by atoms with Gasteiger partial charge in [0.15, 0.2) is 0 Å². The molecule has 1 rings (SSSR count). The molecular weight excluding hydrogens is 174 g/mol. The van der Waals surface area contributed by atoms with E-state index in [1.807, 2.05) is 37.3 Å². The zero-order chi connectivity index (χ0) is 10.4. The molecule has 0 fully saturated rings. The molecule has 0 heterocycles. The van der Waals surface area contributed by atoms with E-state index in [0.29, 0.717) is 6.41 Å². The van der Waals surface area contributed by atoms with Crippen molar-refractivity contribution in [1.29, 1.82) is 0 Å². The first-order chi connectivity index (χ1) is 6.79. The van der Waals surface area contributed by atoms with Crippen LogP contribution in [0.2, 0.25) is 0 Å². The van der Waals surface area contributed by atoms with E-state index < -0.39 is 0 Å². The van der Waals surface area contributed by atoms with Crippen LogP contribution in [0.4, 0.5) is 5.69 Å². The van der Waals surface area contributed by atoms with Crippen LogP contribution in [-0.4, -0.2) is 6.41 Å². The standard InChI is InChI=1S/C12H13NO/c1-3-4-6-11-7-5-8-12(10(11)2)13-9-14/h3-9H,1H2,2H3,(H,13,14)/b6-4-.